The predicted octanol–water partition coefficient (Wildman–Crippen LogP) is 2.82. The van der Waals surface area contributed by atoms with Gasteiger partial charge in [-0.1, -0.05) is 25.5 Å². The number of allylic oxidation sites excluding steroid dienone is 1. The van der Waals surface area contributed by atoms with Crippen molar-refractivity contribution in [3.05, 3.63) is 23.0 Å². The Morgan fingerprint density at radius 2 is 1.94 bits per heavy atom. The maximum absolute atomic E-state index is 13.4. The number of hydrogen-bond acceptors (Lipinski definition) is 6. The molecule has 0 radical (unpaired) electrons. The Labute approximate surface area is 190 Å². The highest BCUT2D eigenvalue weighted by Gasteiger charge is 2.65. The van der Waals surface area contributed by atoms with Crippen molar-refractivity contribution in [1.82, 2.24) is 0 Å². The molecule has 2 aliphatic heterocycles. The van der Waals surface area contributed by atoms with Crippen molar-refractivity contribution >= 4 is 5.97 Å². The smallest absolute Gasteiger partial charge is 0.337 e. The van der Waals surface area contributed by atoms with Gasteiger partial charge in [-0.3, -0.25) is 0 Å². The molecule has 1 saturated heterocycles. The van der Waals surface area contributed by atoms with E-state index in [-0.39, 0.29) is 59.9 Å². The zero-order valence-corrected chi connectivity index (χ0v) is 19.8. The fourth-order valence-electron chi connectivity index (χ4n) is 8.02. The first-order valence-electron chi connectivity index (χ1n) is 12.4. The lowest BCUT2D eigenvalue weighted by molar-refractivity contribution is -0.144. The summed E-state index contributed by atoms with van der Waals surface area (Å²) in [5.74, 6) is -0.186. The summed E-state index contributed by atoms with van der Waals surface area (Å²) in [6.07, 6.45) is 2.68. The van der Waals surface area contributed by atoms with E-state index in [2.05, 4.69) is 19.9 Å². The Kier molecular flexibility index (Phi) is 5.31. The summed E-state index contributed by atoms with van der Waals surface area (Å²) in [7, 11) is 0. The van der Waals surface area contributed by atoms with E-state index in [0.29, 0.717) is 17.8 Å². The highest BCUT2D eigenvalue weighted by Crippen LogP contribution is 2.65. The summed E-state index contributed by atoms with van der Waals surface area (Å²) in [4.78, 5) is 13.4. The molecule has 5 rings (SSSR count). The zero-order chi connectivity index (χ0) is 23.1. The van der Waals surface area contributed by atoms with Gasteiger partial charge in [-0.2, -0.15) is 0 Å². The molecule has 0 spiro atoms. The largest absolute Gasteiger partial charge is 0.491 e. The molecule has 2 bridgehead atoms. The highest BCUT2D eigenvalue weighted by molar-refractivity contribution is 5.90. The number of carbonyl (C=O) groups is 1. The van der Waals surface area contributed by atoms with Crippen molar-refractivity contribution in [3.63, 3.8) is 0 Å². The third-order valence-corrected chi connectivity index (χ3v) is 9.76. The van der Waals surface area contributed by atoms with E-state index in [1.807, 2.05) is 13.8 Å². The van der Waals surface area contributed by atoms with Crippen LogP contribution in [0, 0.1) is 47.3 Å². The maximum Gasteiger partial charge on any atom is 0.337 e. The summed E-state index contributed by atoms with van der Waals surface area (Å²) in [5.41, 5.74) is 1.36. The summed E-state index contributed by atoms with van der Waals surface area (Å²) in [5, 5.41) is 33.0. The number of ether oxygens (including phenoxy) is 2. The lowest BCUT2D eigenvalue weighted by Crippen LogP contribution is -2.48. The minimum absolute atomic E-state index is 0.0460. The molecule has 2 saturated carbocycles. The van der Waals surface area contributed by atoms with Gasteiger partial charge in [0, 0.05) is 29.6 Å². The number of fused-ring (bicyclic) bond motifs is 8. The number of rotatable bonds is 2. The second-order valence-electron chi connectivity index (χ2n) is 11.3. The van der Waals surface area contributed by atoms with Gasteiger partial charge < -0.3 is 24.8 Å². The van der Waals surface area contributed by atoms with Gasteiger partial charge in [0.15, 0.2) is 0 Å². The standard InChI is InChI=1S/C26H38O6/c1-6-31-25(30)21-20-16(26(5)8-7-17(27)12(3)24(21)32-26)10-14-11(2)9-15-19(18(14)20)23(29)13(4)22(15)28/h9,12-20,22-23,27-29H,6-8,10H2,1-5H3/t12-,13+,14+,15-,16-,17+,18+,19+,20-,22+,23-,26+/m1/s1. The molecule has 0 unspecified atom stereocenters. The number of carbonyl (C=O) groups excluding carboxylic acids is 1. The molecule has 3 N–H and O–H groups in total. The average molecular weight is 447 g/mol. The molecule has 0 aromatic rings. The summed E-state index contributed by atoms with van der Waals surface area (Å²) >= 11 is 0. The maximum atomic E-state index is 13.4. The Balaban J connectivity index is 1.70. The second kappa shape index (κ2) is 7.57. The van der Waals surface area contributed by atoms with Crippen LogP contribution >= 0.6 is 0 Å². The SMILES string of the molecule is CCOC(=O)C1=C2O[C@@](C)(CC[C@H](O)[C@H]2C)[C@@H]2C[C@H]3C(C)=C[C@H]4[C@@H](O)[C@H](C)[C@@H](O)[C@@H]4[C@H]3[C@H]12. The van der Waals surface area contributed by atoms with Crippen LogP contribution in [0.5, 0.6) is 0 Å². The number of hydrogen-bond donors (Lipinski definition) is 3. The van der Waals surface area contributed by atoms with Gasteiger partial charge in [-0.25, -0.2) is 4.79 Å². The van der Waals surface area contributed by atoms with E-state index in [4.69, 9.17) is 9.47 Å². The lowest BCUT2D eigenvalue weighted by Gasteiger charge is -2.47. The van der Waals surface area contributed by atoms with Crippen LogP contribution < -0.4 is 0 Å². The Morgan fingerprint density at radius 1 is 1.22 bits per heavy atom. The molecule has 178 valence electrons. The van der Waals surface area contributed by atoms with Crippen molar-refractivity contribution < 1.29 is 29.6 Å². The molecule has 6 heteroatoms. The summed E-state index contributed by atoms with van der Waals surface area (Å²) < 4.78 is 12.2. The number of esters is 1. The molecular weight excluding hydrogens is 408 g/mol. The van der Waals surface area contributed by atoms with E-state index in [1.54, 1.807) is 6.92 Å². The van der Waals surface area contributed by atoms with E-state index in [9.17, 15) is 20.1 Å². The average Bonchev–Trinajstić information content (AvgIpc) is 3.22. The van der Waals surface area contributed by atoms with Gasteiger partial charge in [-0.05, 0) is 57.8 Å². The quantitative estimate of drug-likeness (QED) is 0.446. The van der Waals surface area contributed by atoms with E-state index in [0.717, 1.165) is 12.8 Å². The Bertz CT molecular complexity index is 862. The van der Waals surface area contributed by atoms with Gasteiger partial charge in [0.1, 0.15) is 11.4 Å². The summed E-state index contributed by atoms with van der Waals surface area (Å²) in [6.45, 7) is 10.2. The van der Waals surface area contributed by atoms with Gasteiger partial charge in [0.05, 0.1) is 30.5 Å². The van der Waals surface area contributed by atoms with E-state index < -0.39 is 23.9 Å². The van der Waals surface area contributed by atoms with Gasteiger partial charge in [0.2, 0.25) is 0 Å². The molecule has 12 atom stereocenters. The van der Waals surface area contributed by atoms with Crippen molar-refractivity contribution in [2.75, 3.05) is 6.61 Å². The van der Waals surface area contributed by atoms with Crippen LogP contribution in [0.3, 0.4) is 0 Å². The van der Waals surface area contributed by atoms with Crippen LogP contribution in [0.25, 0.3) is 0 Å². The van der Waals surface area contributed by atoms with E-state index in [1.165, 1.54) is 5.57 Å². The highest BCUT2D eigenvalue weighted by atomic mass is 16.5. The van der Waals surface area contributed by atoms with Gasteiger partial charge in [-0.15, -0.1) is 0 Å². The Morgan fingerprint density at radius 3 is 2.62 bits per heavy atom. The molecule has 2 heterocycles. The molecule has 5 aliphatic rings. The zero-order valence-electron chi connectivity index (χ0n) is 19.8. The van der Waals surface area contributed by atoms with Crippen molar-refractivity contribution in [1.29, 1.82) is 0 Å². The lowest BCUT2D eigenvalue weighted by atomic mass is 9.63. The molecule has 0 aromatic carbocycles. The third kappa shape index (κ3) is 2.91. The van der Waals surface area contributed by atoms with Gasteiger partial charge in [0.25, 0.3) is 0 Å². The first kappa shape index (κ1) is 22.4. The number of aliphatic hydroxyl groups is 3. The third-order valence-electron chi connectivity index (χ3n) is 9.76. The molecule has 3 aliphatic carbocycles. The fraction of sp³-hybridized carbons (Fsp3) is 0.808. The molecule has 3 fully saturated rings. The molecule has 0 amide bonds. The second-order valence-corrected chi connectivity index (χ2v) is 11.3. The van der Waals surface area contributed by atoms with Crippen LogP contribution in [0.2, 0.25) is 0 Å². The topological polar surface area (TPSA) is 96.2 Å². The minimum atomic E-state index is -0.611. The monoisotopic (exact) mass is 446 g/mol. The molecule has 0 aromatic heterocycles. The van der Waals surface area contributed by atoms with Crippen LogP contribution in [-0.2, 0) is 14.3 Å². The summed E-state index contributed by atoms with van der Waals surface area (Å²) in [6, 6.07) is 0. The minimum Gasteiger partial charge on any atom is -0.491 e. The molecule has 32 heavy (non-hydrogen) atoms. The fourth-order valence-corrected chi connectivity index (χ4v) is 8.02. The number of aliphatic hydroxyl groups excluding tert-OH is 3. The van der Waals surface area contributed by atoms with E-state index >= 15 is 0 Å². The van der Waals surface area contributed by atoms with Crippen molar-refractivity contribution in [2.45, 2.75) is 77.8 Å². The van der Waals surface area contributed by atoms with Crippen LogP contribution in [0.15, 0.2) is 23.0 Å². The molecular formula is C26H38O6. The normalized spacial score (nSPS) is 51.8. The van der Waals surface area contributed by atoms with Crippen LogP contribution in [0.1, 0.15) is 53.9 Å². The predicted molar refractivity (Wildman–Crippen MR) is 118 cm³/mol. The van der Waals surface area contributed by atoms with Crippen molar-refractivity contribution in [3.8, 4) is 0 Å². The first-order valence-corrected chi connectivity index (χ1v) is 12.4. The van der Waals surface area contributed by atoms with Crippen LogP contribution in [0.4, 0.5) is 0 Å². The van der Waals surface area contributed by atoms with Gasteiger partial charge >= 0.3 is 5.97 Å². The Hall–Kier alpha value is -1.37. The van der Waals surface area contributed by atoms with Crippen LogP contribution in [-0.4, -0.2) is 51.8 Å². The van der Waals surface area contributed by atoms with Crippen molar-refractivity contribution in [2.24, 2.45) is 47.3 Å². The molecule has 6 nitrogen and oxygen atoms in total. The first-order chi connectivity index (χ1) is 15.1.